The first-order chi connectivity index (χ1) is 9.24. The maximum absolute atomic E-state index is 12.9. The molecular formula is C14H10FN3O. The van der Waals surface area contributed by atoms with E-state index in [1.165, 1.54) is 22.9 Å². The lowest BCUT2D eigenvalue weighted by Crippen LogP contribution is -2.13. The minimum Gasteiger partial charge on any atom is -0.290 e. The van der Waals surface area contributed by atoms with Crippen LogP contribution < -0.4 is 5.56 Å². The van der Waals surface area contributed by atoms with Crippen molar-refractivity contribution in [1.29, 1.82) is 0 Å². The van der Waals surface area contributed by atoms with Crippen LogP contribution in [0.5, 0.6) is 0 Å². The van der Waals surface area contributed by atoms with Gasteiger partial charge in [0.1, 0.15) is 5.82 Å². The molecule has 0 amide bonds. The zero-order valence-electron chi connectivity index (χ0n) is 9.88. The highest BCUT2D eigenvalue weighted by molar-refractivity contribution is 5.57. The van der Waals surface area contributed by atoms with Gasteiger partial charge in [-0.05, 0) is 36.4 Å². The van der Waals surface area contributed by atoms with Crippen molar-refractivity contribution < 1.29 is 4.39 Å². The minimum atomic E-state index is -0.337. The first-order valence-corrected chi connectivity index (χ1v) is 5.72. The van der Waals surface area contributed by atoms with Crippen molar-refractivity contribution in [3.63, 3.8) is 0 Å². The Morgan fingerprint density at radius 2 is 1.95 bits per heavy atom. The molecule has 2 aromatic heterocycles. The molecular weight excluding hydrogens is 245 g/mol. The molecule has 94 valence electrons. The average molecular weight is 255 g/mol. The summed E-state index contributed by atoms with van der Waals surface area (Å²) in [5.74, 6) is -0.337. The number of hydrogen-bond donors (Lipinski definition) is 1. The summed E-state index contributed by atoms with van der Waals surface area (Å²) >= 11 is 0. The van der Waals surface area contributed by atoms with E-state index in [0.29, 0.717) is 11.4 Å². The van der Waals surface area contributed by atoms with E-state index < -0.39 is 0 Å². The fourth-order valence-electron chi connectivity index (χ4n) is 1.85. The van der Waals surface area contributed by atoms with E-state index in [0.717, 1.165) is 5.56 Å². The molecule has 0 radical (unpaired) electrons. The van der Waals surface area contributed by atoms with Gasteiger partial charge in [0.15, 0.2) is 0 Å². The van der Waals surface area contributed by atoms with E-state index in [2.05, 4.69) is 10.1 Å². The summed E-state index contributed by atoms with van der Waals surface area (Å²) in [6.07, 6.45) is 3.33. The van der Waals surface area contributed by atoms with Gasteiger partial charge in [0.2, 0.25) is 0 Å². The number of pyridine rings is 1. The minimum absolute atomic E-state index is 0.203. The highest BCUT2D eigenvalue weighted by atomic mass is 19.1. The quantitative estimate of drug-likeness (QED) is 0.764. The molecule has 3 aromatic rings. The molecule has 0 unspecified atom stereocenters. The maximum Gasteiger partial charge on any atom is 0.271 e. The van der Waals surface area contributed by atoms with Crippen LogP contribution >= 0.6 is 0 Å². The molecule has 4 nitrogen and oxygen atoms in total. The van der Waals surface area contributed by atoms with Crippen molar-refractivity contribution in [2.45, 2.75) is 0 Å². The van der Waals surface area contributed by atoms with Gasteiger partial charge in [-0.3, -0.25) is 14.9 Å². The molecule has 2 heterocycles. The number of rotatable bonds is 2. The highest BCUT2D eigenvalue weighted by Crippen LogP contribution is 2.14. The average Bonchev–Trinajstić information content (AvgIpc) is 2.83. The van der Waals surface area contributed by atoms with Crippen molar-refractivity contribution in [2.24, 2.45) is 0 Å². The lowest BCUT2D eigenvalue weighted by atomic mass is 10.2. The van der Waals surface area contributed by atoms with Gasteiger partial charge in [0.25, 0.3) is 5.56 Å². The predicted octanol–water partition coefficient (Wildman–Crippen LogP) is 2.37. The molecule has 3 rings (SSSR count). The van der Waals surface area contributed by atoms with Gasteiger partial charge in [-0.15, -0.1) is 0 Å². The lowest BCUT2D eigenvalue weighted by molar-refractivity contribution is 0.627. The van der Waals surface area contributed by atoms with Crippen LogP contribution in [0.1, 0.15) is 0 Å². The Hall–Kier alpha value is -2.69. The molecule has 0 aliphatic heterocycles. The van der Waals surface area contributed by atoms with Gasteiger partial charge in [-0.25, -0.2) is 9.07 Å². The Kier molecular flexibility index (Phi) is 2.72. The number of nitrogens with one attached hydrogen (secondary N) is 1. The van der Waals surface area contributed by atoms with E-state index in [1.807, 2.05) is 6.07 Å². The van der Waals surface area contributed by atoms with Crippen LogP contribution in [0.2, 0.25) is 0 Å². The molecule has 1 aromatic carbocycles. The maximum atomic E-state index is 12.9. The van der Waals surface area contributed by atoms with E-state index >= 15 is 0 Å². The molecule has 0 saturated heterocycles. The molecule has 0 atom stereocenters. The number of halogens is 1. The topological polar surface area (TPSA) is 50.7 Å². The van der Waals surface area contributed by atoms with Crippen LogP contribution in [0, 0.1) is 5.82 Å². The number of hydrogen-bond acceptors (Lipinski definition) is 2. The Bertz CT molecular complexity index is 744. The largest absolute Gasteiger partial charge is 0.290 e. The van der Waals surface area contributed by atoms with Crippen molar-refractivity contribution in [1.82, 2.24) is 14.8 Å². The van der Waals surface area contributed by atoms with Gasteiger partial charge >= 0.3 is 0 Å². The molecule has 0 saturated carbocycles. The van der Waals surface area contributed by atoms with E-state index in [1.54, 1.807) is 30.6 Å². The fourth-order valence-corrected chi connectivity index (χ4v) is 1.85. The summed E-state index contributed by atoms with van der Waals surface area (Å²) in [6.45, 7) is 0. The molecule has 1 N–H and O–H groups in total. The summed E-state index contributed by atoms with van der Waals surface area (Å²) in [7, 11) is 0. The van der Waals surface area contributed by atoms with Crippen LogP contribution in [0.4, 0.5) is 4.39 Å². The normalized spacial score (nSPS) is 10.6. The zero-order chi connectivity index (χ0) is 13.2. The molecule has 0 aliphatic rings. The van der Waals surface area contributed by atoms with Crippen LogP contribution in [-0.2, 0) is 0 Å². The standard InChI is InChI=1S/C14H10FN3O/c15-11-3-5-12(6-4-11)18-14(19)8-13(17-18)10-2-1-7-16-9-10/h1-9,17H. The number of aromatic amines is 1. The molecule has 19 heavy (non-hydrogen) atoms. The zero-order valence-corrected chi connectivity index (χ0v) is 9.88. The van der Waals surface area contributed by atoms with Gasteiger partial charge in [0, 0.05) is 24.0 Å². The van der Waals surface area contributed by atoms with Gasteiger partial charge in [-0.2, -0.15) is 0 Å². The SMILES string of the molecule is O=c1cc(-c2cccnc2)[nH]n1-c1ccc(F)cc1. The Morgan fingerprint density at radius 1 is 1.16 bits per heavy atom. The van der Waals surface area contributed by atoms with Gasteiger partial charge < -0.3 is 0 Å². The van der Waals surface area contributed by atoms with Gasteiger partial charge in [-0.1, -0.05) is 0 Å². The molecule has 0 spiro atoms. The Morgan fingerprint density at radius 3 is 2.63 bits per heavy atom. The van der Waals surface area contributed by atoms with Crippen molar-refractivity contribution in [3.05, 3.63) is 71.0 Å². The first kappa shape index (κ1) is 11.4. The van der Waals surface area contributed by atoms with Crippen LogP contribution in [0.15, 0.2) is 59.7 Å². The number of nitrogens with zero attached hydrogens (tertiary/aromatic N) is 2. The molecule has 5 heteroatoms. The number of H-pyrrole nitrogens is 1. The number of aromatic nitrogens is 3. The summed E-state index contributed by atoms with van der Waals surface area (Å²) < 4.78 is 14.2. The number of benzene rings is 1. The lowest BCUT2D eigenvalue weighted by Gasteiger charge is -2.01. The third kappa shape index (κ3) is 2.18. The smallest absolute Gasteiger partial charge is 0.271 e. The van der Waals surface area contributed by atoms with Crippen LogP contribution in [0.25, 0.3) is 16.9 Å². The second-order valence-corrected chi connectivity index (χ2v) is 4.06. The van der Waals surface area contributed by atoms with Crippen LogP contribution in [0.3, 0.4) is 0 Å². The third-order valence-corrected chi connectivity index (χ3v) is 2.78. The summed E-state index contributed by atoms with van der Waals surface area (Å²) in [6, 6.07) is 10.8. The third-order valence-electron chi connectivity index (χ3n) is 2.78. The molecule has 0 aliphatic carbocycles. The Labute approximate surface area is 108 Å². The monoisotopic (exact) mass is 255 g/mol. The first-order valence-electron chi connectivity index (χ1n) is 5.72. The van der Waals surface area contributed by atoms with Crippen molar-refractivity contribution >= 4 is 0 Å². The summed E-state index contributed by atoms with van der Waals surface area (Å²) in [4.78, 5) is 15.9. The second kappa shape index (κ2) is 4.53. The van der Waals surface area contributed by atoms with Gasteiger partial charge in [0.05, 0.1) is 11.4 Å². The predicted molar refractivity (Wildman–Crippen MR) is 69.6 cm³/mol. The van der Waals surface area contributed by atoms with Crippen LogP contribution in [-0.4, -0.2) is 14.8 Å². The Balaban J connectivity index is 2.08. The van der Waals surface area contributed by atoms with Crippen molar-refractivity contribution in [2.75, 3.05) is 0 Å². The summed E-state index contributed by atoms with van der Waals surface area (Å²) in [5, 5.41) is 2.98. The molecule has 0 bridgehead atoms. The van der Waals surface area contributed by atoms with E-state index in [9.17, 15) is 9.18 Å². The second-order valence-electron chi connectivity index (χ2n) is 4.06. The summed E-state index contributed by atoms with van der Waals surface area (Å²) in [5.41, 5.74) is 1.87. The van der Waals surface area contributed by atoms with E-state index in [4.69, 9.17) is 0 Å². The van der Waals surface area contributed by atoms with E-state index in [-0.39, 0.29) is 11.4 Å². The van der Waals surface area contributed by atoms with Crippen molar-refractivity contribution in [3.8, 4) is 16.9 Å². The highest BCUT2D eigenvalue weighted by Gasteiger charge is 2.06. The fraction of sp³-hybridized carbons (Fsp3) is 0. The molecule has 0 fully saturated rings.